The number of methoxy groups -OCH3 is 1. The zero-order valence-corrected chi connectivity index (χ0v) is 16.0. The van der Waals surface area contributed by atoms with Gasteiger partial charge in [-0.3, -0.25) is 9.36 Å². The number of carbonyl (C=O) groups excluding carboxylic acids is 1. The van der Waals surface area contributed by atoms with Crippen LogP contribution >= 0.6 is 23.5 Å². The summed E-state index contributed by atoms with van der Waals surface area (Å²) in [4.78, 5) is 29.2. The first-order valence-corrected chi connectivity index (χ1v) is 10.1. The van der Waals surface area contributed by atoms with Crippen molar-refractivity contribution < 1.29 is 9.53 Å². The molecule has 130 valence electrons. The molecule has 5 nitrogen and oxygen atoms in total. The average Bonchev–Trinajstić information content (AvgIpc) is 2.56. The van der Waals surface area contributed by atoms with Crippen LogP contribution in [0, 0.1) is 5.92 Å². The van der Waals surface area contributed by atoms with Crippen molar-refractivity contribution in [1.29, 1.82) is 0 Å². The van der Waals surface area contributed by atoms with Crippen LogP contribution in [0.2, 0.25) is 0 Å². The number of ether oxygens (including phenoxy) is 1. The number of hydrogen-bond donors (Lipinski definition) is 0. The molecule has 1 aromatic heterocycles. The molecule has 0 bridgehead atoms. The topological polar surface area (TPSA) is 61.2 Å². The molecule has 0 fully saturated rings. The smallest absolute Gasteiger partial charge is 0.337 e. The van der Waals surface area contributed by atoms with Gasteiger partial charge in [-0.15, -0.1) is 0 Å². The zero-order valence-electron chi connectivity index (χ0n) is 14.4. The van der Waals surface area contributed by atoms with Gasteiger partial charge in [0.15, 0.2) is 5.16 Å². The van der Waals surface area contributed by atoms with Crippen LogP contribution in [0.25, 0.3) is 10.9 Å². The van der Waals surface area contributed by atoms with Crippen molar-refractivity contribution in [3.8, 4) is 0 Å². The summed E-state index contributed by atoms with van der Waals surface area (Å²) in [6.45, 7) is 4.78. The highest BCUT2D eigenvalue weighted by molar-refractivity contribution is 8.02. The van der Waals surface area contributed by atoms with E-state index in [1.165, 1.54) is 7.11 Å². The van der Waals surface area contributed by atoms with Crippen molar-refractivity contribution in [2.45, 2.75) is 25.5 Å². The minimum absolute atomic E-state index is 0.0585. The Labute approximate surface area is 150 Å². The molecule has 0 N–H and O–H groups in total. The van der Waals surface area contributed by atoms with Gasteiger partial charge in [0.25, 0.3) is 5.56 Å². The maximum atomic E-state index is 12.9. The number of esters is 1. The number of nitrogens with zero attached hydrogens (tertiary/aromatic N) is 2. The van der Waals surface area contributed by atoms with Gasteiger partial charge >= 0.3 is 5.97 Å². The van der Waals surface area contributed by atoms with Gasteiger partial charge in [-0.2, -0.15) is 11.8 Å². The normalized spacial score (nSPS) is 11.2. The second-order valence-electron chi connectivity index (χ2n) is 5.77. The van der Waals surface area contributed by atoms with E-state index in [1.807, 2.05) is 0 Å². The molecule has 0 unspecified atom stereocenters. The lowest BCUT2D eigenvalue weighted by molar-refractivity contribution is 0.0601. The Hall–Kier alpha value is -1.47. The molecule has 0 saturated heterocycles. The summed E-state index contributed by atoms with van der Waals surface area (Å²) >= 11 is 3.34. The number of hydrogen-bond acceptors (Lipinski definition) is 6. The molecule has 0 atom stereocenters. The molecule has 24 heavy (non-hydrogen) atoms. The van der Waals surface area contributed by atoms with E-state index in [2.05, 4.69) is 25.1 Å². The third kappa shape index (κ3) is 4.33. The number of thioether (sulfide) groups is 2. The van der Waals surface area contributed by atoms with Crippen LogP contribution in [0.15, 0.2) is 28.2 Å². The second-order valence-corrected chi connectivity index (χ2v) is 7.82. The van der Waals surface area contributed by atoms with E-state index in [9.17, 15) is 9.59 Å². The van der Waals surface area contributed by atoms with Crippen molar-refractivity contribution in [3.05, 3.63) is 34.1 Å². The summed E-state index contributed by atoms with van der Waals surface area (Å²) in [5.74, 6) is 1.79. The summed E-state index contributed by atoms with van der Waals surface area (Å²) in [6.07, 6.45) is 2.05. The highest BCUT2D eigenvalue weighted by atomic mass is 32.2. The van der Waals surface area contributed by atoms with Crippen LogP contribution in [-0.2, 0) is 11.3 Å². The SMILES string of the molecule is COC(=O)c1ccc2c(=O)n(CC(C)C)c(SCCSC)nc2c1. The van der Waals surface area contributed by atoms with Crippen LogP contribution in [0.4, 0.5) is 0 Å². The molecule has 0 aliphatic heterocycles. The Morgan fingerprint density at radius 1 is 1.33 bits per heavy atom. The number of carbonyl (C=O) groups is 1. The van der Waals surface area contributed by atoms with Crippen LogP contribution < -0.4 is 5.56 Å². The molecule has 2 rings (SSSR count). The molecular formula is C17H22N2O3S2. The van der Waals surface area contributed by atoms with E-state index in [-0.39, 0.29) is 5.56 Å². The molecule has 0 saturated carbocycles. The van der Waals surface area contributed by atoms with E-state index >= 15 is 0 Å². The highest BCUT2D eigenvalue weighted by Gasteiger charge is 2.15. The predicted molar refractivity (Wildman–Crippen MR) is 101 cm³/mol. The van der Waals surface area contributed by atoms with Gasteiger partial charge in [-0.1, -0.05) is 25.6 Å². The molecule has 1 heterocycles. The monoisotopic (exact) mass is 366 g/mol. The Balaban J connectivity index is 2.56. The second kappa shape index (κ2) is 8.58. The molecular weight excluding hydrogens is 344 g/mol. The van der Waals surface area contributed by atoms with E-state index < -0.39 is 5.97 Å². The van der Waals surface area contributed by atoms with E-state index in [0.29, 0.717) is 34.1 Å². The number of benzene rings is 1. The van der Waals surface area contributed by atoms with Gasteiger partial charge in [0.2, 0.25) is 0 Å². The van der Waals surface area contributed by atoms with Crippen molar-refractivity contribution in [1.82, 2.24) is 9.55 Å². The van der Waals surface area contributed by atoms with Crippen molar-refractivity contribution in [2.75, 3.05) is 24.9 Å². The molecule has 0 radical (unpaired) electrons. The van der Waals surface area contributed by atoms with Crippen molar-refractivity contribution >= 4 is 40.4 Å². The molecule has 2 aromatic rings. The summed E-state index contributed by atoms with van der Waals surface area (Å²) in [5, 5.41) is 1.23. The Morgan fingerprint density at radius 3 is 2.71 bits per heavy atom. The fourth-order valence-electron chi connectivity index (χ4n) is 2.30. The fourth-order valence-corrected chi connectivity index (χ4v) is 3.96. The van der Waals surface area contributed by atoms with Crippen LogP contribution in [-0.4, -0.2) is 40.4 Å². The molecule has 7 heteroatoms. The van der Waals surface area contributed by atoms with Gasteiger partial charge in [0.05, 0.1) is 23.6 Å². The lowest BCUT2D eigenvalue weighted by Crippen LogP contribution is -2.25. The molecule has 1 aromatic carbocycles. The van der Waals surface area contributed by atoms with Crippen LogP contribution in [0.3, 0.4) is 0 Å². The maximum absolute atomic E-state index is 12.9. The summed E-state index contributed by atoms with van der Waals surface area (Å²) in [6, 6.07) is 4.89. The Bertz CT molecular complexity index is 787. The molecule has 0 spiro atoms. The molecule has 0 aliphatic rings. The highest BCUT2D eigenvalue weighted by Crippen LogP contribution is 2.20. The van der Waals surface area contributed by atoms with Gasteiger partial charge < -0.3 is 4.74 Å². The van der Waals surface area contributed by atoms with Gasteiger partial charge in [-0.05, 0) is 30.4 Å². The average molecular weight is 367 g/mol. The van der Waals surface area contributed by atoms with E-state index in [0.717, 1.165) is 11.5 Å². The first kappa shape index (κ1) is 18.9. The minimum atomic E-state index is -0.429. The third-order valence-corrected chi connectivity index (χ3v) is 5.26. The number of aromatic nitrogens is 2. The lowest BCUT2D eigenvalue weighted by atomic mass is 10.1. The maximum Gasteiger partial charge on any atom is 0.337 e. The van der Waals surface area contributed by atoms with Crippen molar-refractivity contribution in [3.63, 3.8) is 0 Å². The lowest BCUT2D eigenvalue weighted by Gasteiger charge is -2.15. The summed E-state index contributed by atoms with van der Waals surface area (Å²) < 4.78 is 6.49. The van der Waals surface area contributed by atoms with E-state index in [4.69, 9.17) is 4.74 Å². The minimum Gasteiger partial charge on any atom is -0.465 e. The summed E-state index contributed by atoms with van der Waals surface area (Å²) in [5.41, 5.74) is 0.880. The third-order valence-electron chi connectivity index (χ3n) is 3.41. The van der Waals surface area contributed by atoms with Gasteiger partial charge in [0.1, 0.15) is 0 Å². The molecule has 0 amide bonds. The Morgan fingerprint density at radius 2 is 2.08 bits per heavy atom. The van der Waals surface area contributed by atoms with E-state index in [1.54, 1.807) is 46.3 Å². The molecule has 0 aliphatic carbocycles. The zero-order chi connectivity index (χ0) is 17.7. The largest absolute Gasteiger partial charge is 0.465 e. The van der Waals surface area contributed by atoms with Crippen LogP contribution in [0.1, 0.15) is 24.2 Å². The van der Waals surface area contributed by atoms with Gasteiger partial charge in [-0.25, -0.2) is 9.78 Å². The predicted octanol–water partition coefficient (Wildman–Crippen LogP) is 3.29. The quantitative estimate of drug-likeness (QED) is 0.324. The van der Waals surface area contributed by atoms with Crippen molar-refractivity contribution in [2.24, 2.45) is 5.92 Å². The first-order valence-electron chi connectivity index (χ1n) is 7.72. The Kier molecular flexibility index (Phi) is 6.74. The van der Waals surface area contributed by atoms with Crippen LogP contribution in [0.5, 0.6) is 0 Å². The fraction of sp³-hybridized carbons (Fsp3) is 0.471. The van der Waals surface area contributed by atoms with Gasteiger partial charge in [0, 0.05) is 18.1 Å². The number of rotatable bonds is 7. The number of fused-ring (bicyclic) bond motifs is 1. The first-order chi connectivity index (χ1) is 11.5. The standard InChI is InChI=1S/C17H22N2O3S2/c1-11(2)10-19-15(20)13-6-5-12(16(21)22-3)9-14(13)18-17(19)24-8-7-23-4/h5-6,9,11H,7-8,10H2,1-4H3. The summed E-state index contributed by atoms with van der Waals surface area (Å²) in [7, 11) is 1.34.